The molecule has 0 spiro atoms. The number of anilines is 1. The van der Waals surface area contributed by atoms with E-state index >= 15 is 0 Å². The van der Waals surface area contributed by atoms with E-state index in [0.717, 1.165) is 42.5 Å². The molecule has 0 amide bonds. The molecule has 1 saturated carbocycles. The molecule has 0 bridgehead atoms. The second-order valence-electron chi connectivity index (χ2n) is 7.05. The Labute approximate surface area is 166 Å². The highest BCUT2D eigenvalue weighted by Gasteiger charge is 2.26. The molecule has 0 saturated heterocycles. The van der Waals surface area contributed by atoms with Crippen molar-refractivity contribution in [1.29, 1.82) is 5.26 Å². The van der Waals surface area contributed by atoms with Gasteiger partial charge in [-0.05, 0) is 61.9 Å². The van der Waals surface area contributed by atoms with Crippen molar-refractivity contribution in [3.63, 3.8) is 0 Å². The number of ether oxygens (including phenoxy) is 2. The second-order valence-corrected chi connectivity index (χ2v) is 7.05. The third-order valence-electron chi connectivity index (χ3n) is 5.35. The van der Waals surface area contributed by atoms with E-state index in [-0.39, 0.29) is 6.10 Å². The van der Waals surface area contributed by atoms with Crippen LogP contribution in [0.1, 0.15) is 38.2 Å². The number of hydrogen-bond donors (Lipinski definition) is 0. The highest BCUT2D eigenvalue weighted by Crippen LogP contribution is 2.30. The topological polar surface area (TPSA) is 62.6 Å². The van der Waals surface area contributed by atoms with E-state index in [4.69, 9.17) is 9.47 Å². The van der Waals surface area contributed by atoms with E-state index in [0.29, 0.717) is 18.2 Å². The smallest absolute Gasteiger partial charge is 0.435 e. The molecule has 2 aromatic rings. The largest absolute Gasteiger partial charge is 0.508 e. The minimum Gasteiger partial charge on any atom is -0.435 e. The van der Waals surface area contributed by atoms with Crippen molar-refractivity contribution < 1.29 is 14.3 Å². The first-order valence-electron chi connectivity index (χ1n) is 9.78. The molecule has 0 unspecified atom stereocenters. The molecule has 1 fully saturated rings. The number of benzene rings is 2. The van der Waals surface area contributed by atoms with Gasteiger partial charge < -0.3 is 14.4 Å². The zero-order valence-electron chi connectivity index (χ0n) is 16.4. The maximum Gasteiger partial charge on any atom is 0.508 e. The second kappa shape index (κ2) is 9.27. The van der Waals surface area contributed by atoms with E-state index in [1.165, 1.54) is 0 Å². The van der Waals surface area contributed by atoms with Crippen molar-refractivity contribution in [3.05, 3.63) is 54.1 Å². The van der Waals surface area contributed by atoms with Gasteiger partial charge in [-0.3, -0.25) is 0 Å². The lowest BCUT2D eigenvalue weighted by Crippen LogP contribution is -2.37. The van der Waals surface area contributed by atoms with Crippen molar-refractivity contribution in [2.24, 2.45) is 0 Å². The Hall–Kier alpha value is -3.00. The summed E-state index contributed by atoms with van der Waals surface area (Å²) in [6, 6.07) is 18.7. The maximum atomic E-state index is 11.5. The molecule has 3 rings (SSSR count). The van der Waals surface area contributed by atoms with Crippen molar-refractivity contribution in [2.75, 3.05) is 18.6 Å². The van der Waals surface area contributed by atoms with Gasteiger partial charge in [-0.25, -0.2) is 4.79 Å². The summed E-state index contributed by atoms with van der Waals surface area (Å²) in [4.78, 5) is 13.8. The summed E-state index contributed by atoms with van der Waals surface area (Å²) in [5.41, 5.74) is 3.83. The van der Waals surface area contributed by atoms with Crippen LogP contribution in [-0.4, -0.2) is 32.0 Å². The van der Waals surface area contributed by atoms with Crippen molar-refractivity contribution in [1.82, 2.24) is 0 Å². The summed E-state index contributed by atoms with van der Waals surface area (Å²) in [7, 11) is 2.11. The Bertz CT molecular complexity index is 834. The lowest BCUT2D eigenvalue weighted by atomic mass is 9.91. The van der Waals surface area contributed by atoms with Crippen molar-refractivity contribution >= 4 is 11.8 Å². The summed E-state index contributed by atoms with van der Waals surface area (Å²) in [5.74, 6) is 0. The molecule has 28 heavy (non-hydrogen) atoms. The van der Waals surface area contributed by atoms with E-state index in [1.54, 1.807) is 6.92 Å². The number of hydrogen-bond acceptors (Lipinski definition) is 5. The molecule has 0 aromatic heterocycles. The van der Waals surface area contributed by atoms with Crippen LogP contribution < -0.4 is 4.90 Å². The van der Waals surface area contributed by atoms with Gasteiger partial charge in [0, 0.05) is 18.8 Å². The molecule has 0 aliphatic heterocycles. The first kappa shape index (κ1) is 19.8. The molecule has 2 aromatic carbocycles. The average Bonchev–Trinajstić information content (AvgIpc) is 2.74. The van der Waals surface area contributed by atoms with Crippen molar-refractivity contribution in [3.8, 4) is 17.2 Å². The molecule has 1 aliphatic carbocycles. The summed E-state index contributed by atoms with van der Waals surface area (Å²) in [6.07, 6.45) is 3.03. The fourth-order valence-corrected chi connectivity index (χ4v) is 3.76. The lowest BCUT2D eigenvalue weighted by Gasteiger charge is -2.35. The standard InChI is InChI=1S/C23H26N2O3/c1-3-27-23(26)28-21-14-12-20(13-15-21)25(2)19-10-8-17(9-11-19)22-7-5-4-6-18(22)16-24/h4-11,20-21H,3,12-15H2,1-2H3/t20-,21+. The van der Waals surface area contributed by atoms with Gasteiger partial charge in [0.05, 0.1) is 18.2 Å². The normalized spacial score (nSPS) is 18.8. The first-order chi connectivity index (χ1) is 13.6. The van der Waals surface area contributed by atoms with Crippen LogP contribution in [0.5, 0.6) is 0 Å². The Balaban J connectivity index is 1.60. The summed E-state index contributed by atoms with van der Waals surface area (Å²) >= 11 is 0. The molecule has 0 N–H and O–H groups in total. The number of carbonyl (C=O) groups excluding carboxylic acids is 1. The summed E-state index contributed by atoms with van der Waals surface area (Å²) in [6.45, 7) is 2.11. The number of nitriles is 1. The molecule has 0 radical (unpaired) electrons. The van der Waals surface area contributed by atoms with E-state index in [9.17, 15) is 10.1 Å². The SMILES string of the molecule is CCOC(=O)O[C@H]1CC[C@@H](N(C)c2ccc(-c3ccccc3C#N)cc2)CC1. The number of nitrogens with zero attached hydrogens (tertiary/aromatic N) is 2. The minimum atomic E-state index is -0.562. The van der Waals surface area contributed by atoms with E-state index in [1.807, 2.05) is 24.3 Å². The van der Waals surface area contributed by atoms with Gasteiger partial charge >= 0.3 is 6.16 Å². The van der Waals surface area contributed by atoms with Crippen LogP contribution in [0.15, 0.2) is 48.5 Å². The van der Waals surface area contributed by atoms with Gasteiger partial charge in [-0.2, -0.15) is 5.26 Å². The molecule has 0 heterocycles. The Morgan fingerprint density at radius 3 is 2.43 bits per heavy atom. The Morgan fingerprint density at radius 2 is 1.79 bits per heavy atom. The molecule has 5 nitrogen and oxygen atoms in total. The van der Waals surface area contributed by atoms with E-state index < -0.39 is 6.16 Å². The van der Waals surface area contributed by atoms with Crippen LogP contribution in [-0.2, 0) is 9.47 Å². The molecule has 0 atom stereocenters. The van der Waals surface area contributed by atoms with Gasteiger partial charge in [-0.1, -0.05) is 30.3 Å². The number of carbonyl (C=O) groups is 1. The predicted molar refractivity (Wildman–Crippen MR) is 109 cm³/mol. The quantitative estimate of drug-likeness (QED) is 0.674. The van der Waals surface area contributed by atoms with Gasteiger partial charge in [0.2, 0.25) is 0 Å². The van der Waals surface area contributed by atoms with Crippen molar-refractivity contribution in [2.45, 2.75) is 44.8 Å². The Kier molecular flexibility index (Phi) is 6.54. The van der Waals surface area contributed by atoms with Gasteiger partial charge in [0.15, 0.2) is 0 Å². The lowest BCUT2D eigenvalue weighted by molar-refractivity contribution is 0.0119. The van der Waals surface area contributed by atoms with Crippen LogP contribution in [0.4, 0.5) is 10.5 Å². The zero-order valence-corrected chi connectivity index (χ0v) is 16.4. The van der Waals surface area contributed by atoms with Gasteiger partial charge in [-0.15, -0.1) is 0 Å². The van der Waals surface area contributed by atoms with Crippen LogP contribution in [0.2, 0.25) is 0 Å². The number of rotatable bonds is 5. The van der Waals surface area contributed by atoms with Gasteiger partial charge in [0.1, 0.15) is 6.10 Å². The van der Waals surface area contributed by atoms with E-state index in [2.05, 4.69) is 42.3 Å². The maximum absolute atomic E-state index is 11.5. The van der Waals surface area contributed by atoms with Gasteiger partial charge in [0.25, 0.3) is 0 Å². The minimum absolute atomic E-state index is 0.0476. The monoisotopic (exact) mass is 378 g/mol. The molecule has 5 heteroatoms. The summed E-state index contributed by atoms with van der Waals surface area (Å²) in [5, 5.41) is 9.30. The first-order valence-corrected chi connectivity index (χ1v) is 9.78. The average molecular weight is 378 g/mol. The van der Waals surface area contributed by atoms with Crippen LogP contribution >= 0.6 is 0 Å². The highest BCUT2D eigenvalue weighted by atomic mass is 16.7. The summed E-state index contributed by atoms with van der Waals surface area (Å²) < 4.78 is 10.2. The molecular formula is C23H26N2O3. The predicted octanol–water partition coefficient (Wildman–Crippen LogP) is 5.15. The van der Waals surface area contributed by atoms with Crippen LogP contribution in [0.3, 0.4) is 0 Å². The third-order valence-corrected chi connectivity index (χ3v) is 5.35. The van der Waals surface area contributed by atoms with Crippen LogP contribution in [0.25, 0.3) is 11.1 Å². The highest BCUT2D eigenvalue weighted by molar-refractivity contribution is 5.72. The zero-order chi connectivity index (χ0) is 19.9. The molecule has 146 valence electrons. The fraction of sp³-hybridized carbons (Fsp3) is 0.391. The molecular weight excluding hydrogens is 352 g/mol. The third kappa shape index (κ3) is 4.64. The van der Waals surface area contributed by atoms with Crippen LogP contribution in [0, 0.1) is 11.3 Å². The molecule has 1 aliphatic rings. The Morgan fingerprint density at radius 1 is 1.11 bits per heavy atom. The fourth-order valence-electron chi connectivity index (χ4n) is 3.76.